The number of nitrogens with one attached hydrogen (secondary N) is 1. The van der Waals surface area contributed by atoms with Gasteiger partial charge in [0.1, 0.15) is 0 Å². The van der Waals surface area contributed by atoms with Crippen LogP contribution >= 0.6 is 12.4 Å². The van der Waals surface area contributed by atoms with E-state index in [0.717, 1.165) is 42.9 Å². The molecule has 0 spiro atoms. The SMILES string of the molecule is Cc1c(CNCCC2CCCO2)c(=O)n(-c2ccccc2)n1C.Cl. The molecule has 2 aromatic rings. The fourth-order valence-electron chi connectivity index (χ4n) is 3.18. The lowest BCUT2D eigenvalue weighted by atomic mass is 10.2. The van der Waals surface area contributed by atoms with Crippen molar-refractivity contribution in [3.05, 3.63) is 51.9 Å². The summed E-state index contributed by atoms with van der Waals surface area (Å²) in [6.07, 6.45) is 3.73. The van der Waals surface area contributed by atoms with Crippen molar-refractivity contribution in [1.82, 2.24) is 14.7 Å². The van der Waals surface area contributed by atoms with Crippen molar-refractivity contribution in [3.63, 3.8) is 0 Å². The quantitative estimate of drug-likeness (QED) is 0.814. The molecular weight excluding hydrogens is 326 g/mol. The number of hydrogen-bond acceptors (Lipinski definition) is 3. The van der Waals surface area contributed by atoms with Crippen molar-refractivity contribution in [3.8, 4) is 5.69 Å². The topological polar surface area (TPSA) is 48.2 Å². The second kappa shape index (κ2) is 8.51. The monoisotopic (exact) mass is 351 g/mol. The second-order valence-electron chi connectivity index (χ2n) is 6.14. The van der Waals surface area contributed by atoms with Gasteiger partial charge in [0.15, 0.2) is 0 Å². The van der Waals surface area contributed by atoms with Crippen LogP contribution in [0, 0.1) is 6.92 Å². The molecule has 1 fully saturated rings. The van der Waals surface area contributed by atoms with Gasteiger partial charge < -0.3 is 10.1 Å². The highest BCUT2D eigenvalue weighted by Crippen LogP contribution is 2.14. The van der Waals surface area contributed by atoms with E-state index < -0.39 is 0 Å². The Morgan fingerprint density at radius 2 is 2.04 bits per heavy atom. The number of rotatable bonds is 6. The number of aromatic nitrogens is 2. The normalized spacial score (nSPS) is 17.0. The molecule has 1 saturated heterocycles. The van der Waals surface area contributed by atoms with Crippen molar-refractivity contribution >= 4 is 12.4 Å². The molecule has 3 rings (SSSR count). The Balaban J connectivity index is 0.00000208. The molecule has 1 aromatic heterocycles. The van der Waals surface area contributed by atoms with Gasteiger partial charge in [0.05, 0.1) is 17.4 Å². The molecule has 0 radical (unpaired) electrons. The summed E-state index contributed by atoms with van der Waals surface area (Å²) in [5.41, 5.74) is 2.79. The number of halogens is 1. The number of para-hydroxylation sites is 1. The van der Waals surface area contributed by atoms with Crippen LogP contribution in [0.25, 0.3) is 5.69 Å². The van der Waals surface area contributed by atoms with E-state index in [-0.39, 0.29) is 18.0 Å². The van der Waals surface area contributed by atoms with E-state index in [0.29, 0.717) is 12.6 Å². The summed E-state index contributed by atoms with van der Waals surface area (Å²) < 4.78 is 9.28. The van der Waals surface area contributed by atoms with Crippen LogP contribution in [0.2, 0.25) is 0 Å². The highest BCUT2D eigenvalue weighted by molar-refractivity contribution is 5.85. The maximum atomic E-state index is 12.7. The first-order valence-electron chi connectivity index (χ1n) is 8.33. The van der Waals surface area contributed by atoms with E-state index in [4.69, 9.17) is 4.74 Å². The number of benzene rings is 1. The fourth-order valence-corrected chi connectivity index (χ4v) is 3.18. The van der Waals surface area contributed by atoms with Gasteiger partial charge in [-0.15, -0.1) is 12.4 Å². The molecule has 0 aliphatic carbocycles. The van der Waals surface area contributed by atoms with Crippen LogP contribution in [0.4, 0.5) is 0 Å². The summed E-state index contributed by atoms with van der Waals surface area (Å²) in [6.45, 7) is 4.37. The third kappa shape index (κ3) is 3.91. The van der Waals surface area contributed by atoms with E-state index in [1.54, 1.807) is 4.68 Å². The minimum atomic E-state index is 0. The molecule has 0 saturated carbocycles. The molecule has 1 aliphatic rings. The average molecular weight is 352 g/mol. The van der Waals surface area contributed by atoms with Crippen molar-refractivity contribution in [1.29, 1.82) is 0 Å². The van der Waals surface area contributed by atoms with E-state index in [9.17, 15) is 4.79 Å². The second-order valence-corrected chi connectivity index (χ2v) is 6.14. The van der Waals surface area contributed by atoms with Crippen molar-refractivity contribution < 1.29 is 4.74 Å². The zero-order valence-corrected chi connectivity index (χ0v) is 15.1. The minimum Gasteiger partial charge on any atom is -0.378 e. The number of nitrogens with zero attached hydrogens (tertiary/aromatic N) is 2. The first kappa shape index (κ1) is 18.8. The minimum absolute atomic E-state index is 0. The summed E-state index contributed by atoms with van der Waals surface area (Å²) in [7, 11) is 1.93. The van der Waals surface area contributed by atoms with Crippen LogP contribution in [-0.4, -0.2) is 28.6 Å². The lowest BCUT2D eigenvalue weighted by Crippen LogP contribution is -2.25. The molecule has 1 unspecified atom stereocenters. The van der Waals surface area contributed by atoms with Crippen LogP contribution in [-0.2, 0) is 18.3 Å². The van der Waals surface area contributed by atoms with Gasteiger partial charge in [-0.3, -0.25) is 9.48 Å². The Bertz CT molecular complexity index is 703. The van der Waals surface area contributed by atoms with E-state index in [1.807, 2.05) is 49.0 Å². The van der Waals surface area contributed by atoms with Gasteiger partial charge in [-0.25, -0.2) is 4.68 Å². The van der Waals surface area contributed by atoms with Crippen LogP contribution < -0.4 is 10.9 Å². The average Bonchev–Trinajstić information content (AvgIpc) is 3.15. The highest BCUT2D eigenvalue weighted by atomic mass is 35.5. The zero-order valence-electron chi connectivity index (χ0n) is 14.3. The van der Waals surface area contributed by atoms with Gasteiger partial charge in [0.25, 0.3) is 5.56 Å². The summed E-state index contributed by atoms with van der Waals surface area (Å²) in [5, 5.41) is 3.40. The Morgan fingerprint density at radius 3 is 2.71 bits per heavy atom. The maximum absolute atomic E-state index is 12.7. The molecule has 24 heavy (non-hydrogen) atoms. The first-order chi connectivity index (χ1) is 11.2. The molecule has 132 valence electrons. The molecule has 6 heteroatoms. The lowest BCUT2D eigenvalue weighted by Gasteiger charge is -2.09. The molecule has 1 atom stereocenters. The lowest BCUT2D eigenvalue weighted by molar-refractivity contribution is 0.104. The summed E-state index contributed by atoms with van der Waals surface area (Å²) >= 11 is 0. The largest absolute Gasteiger partial charge is 0.378 e. The molecule has 5 nitrogen and oxygen atoms in total. The Morgan fingerprint density at radius 1 is 1.29 bits per heavy atom. The molecule has 0 amide bonds. The highest BCUT2D eigenvalue weighted by Gasteiger charge is 2.17. The van der Waals surface area contributed by atoms with Gasteiger partial charge >= 0.3 is 0 Å². The van der Waals surface area contributed by atoms with Crippen LogP contribution in [0.3, 0.4) is 0 Å². The zero-order chi connectivity index (χ0) is 16.2. The Hall–Kier alpha value is -1.56. The standard InChI is InChI=1S/C18H25N3O2.ClH/c1-14-17(13-19-11-10-16-9-6-12-23-16)18(22)21(20(14)2)15-7-4-3-5-8-15;/h3-5,7-8,16,19H,6,9-13H2,1-2H3;1H. The van der Waals surface area contributed by atoms with Crippen LogP contribution in [0.1, 0.15) is 30.5 Å². The molecule has 1 aromatic carbocycles. The molecule has 2 heterocycles. The van der Waals surface area contributed by atoms with E-state index in [2.05, 4.69) is 5.32 Å². The smallest absolute Gasteiger partial charge is 0.276 e. The number of ether oxygens (including phenoxy) is 1. The predicted molar refractivity (Wildman–Crippen MR) is 98.3 cm³/mol. The predicted octanol–water partition coefficient (Wildman–Crippen LogP) is 2.56. The van der Waals surface area contributed by atoms with Gasteiger partial charge in [-0.2, -0.15) is 0 Å². The van der Waals surface area contributed by atoms with Crippen molar-refractivity contribution in [2.24, 2.45) is 7.05 Å². The summed E-state index contributed by atoms with van der Waals surface area (Å²) in [6, 6.07) is 9.76. The maximum Gasteiger partial charge on any atom is 0.276 e. The first-order valence-corrected chi connectivity index (χ1v) is 8.33. The van der Waals surface area contributed by atoms with Gasteiger partial charge in [0, 0.05) is 25.9 Å². The third-order valence-electron chi connectivity index (χ3n) is 4.64. The van der Waals surface area contributed by atoms with Crippen LogP contribution in [0.15, 0.2) is 35.1 Å². The number of hydrogen-bond donors (Lipinski definition) is 1. The van der Waals surface area contributed by atoms with Crippen molar-refractivity contribution in [2.45, 2.75) is 38.8 Å². The van der Waals surface area contributed by atoms with E-state index in [1.165, 1.54) is 6.42 Å². The summed E-state index contributed by atoms with van der Waals surface area (Å²) in [4.78, 5) is 12.7. The molecule has 0 bridgehead atoms. The van der Waals surface area contributed by atoms with Crippen molar-refractivity contribution in [2.75, 3.05) is 13.2 Å². The molecule has 1 N–H and O–H groups in total. The fraction of sp³-hybridized carbons (Fsp3) is 0.500. The Kier molecular flexibility index (Phi) is 6.66. The van der Waals surface area contributed by atoms with E-state index >= 15 is 0 Å². The summed E-state index contributed by atoms with van der Waals surface area (Å²) in [5.74, 6) is 0. The third-order valence-corrected chi connectivity index (χ3v) is 4.64. The van der Waals surface area contributed by atoms with Crippen LogP contribution in [0.5, 0.6) is 0 Å². The molecule has 1 aliphatic heterocycles. The van der Waals surface area contributed by atoms with Gasteiger partial charge in [-0.1, -0.05) is 18.2 Å². The van der Waals surface area contributed by atoms with Gasteiger partial charge in [-0.05, 0) is 44.9 Å². The van der Waals surface area contributed by atoms with Gasteiger partial charge in [0.2, 0.25) is 0 Å². The Labute approximate surface area is 149 Å². The molecular formula is C18H26ClN3O2.